The number of halogens is 1. The molecular formula is C13H8ClNS. The van der Waals surface area contributed by atoms with Crippen molar-refractivity contribution in [2.24, 2.45) is 0 Å². The van der Waals surface area contributed by atoms with Gasteiger partial charge >= 0.3 is 0 Å². The van der Waals surface area contributed by atoms with Crippen molar-refractivity contribution in [1.82, 2.24) is 4.37 Å². The topological polar surface area (TPSA) is 12.9 Å². The maximum Gasteiger partial charge on any atom is 0.0919 e. The average molecular weight is 246 g/mol. The van der Waals surface area contributed by atoms with Crippen LogP contribution in [0.3, 0.4) is 0 Å². The molecule has 0 bridgehead atoms. The Kier molecular flexibility index (Phi) is 2.39. The summed E-state index contributed by atoms with van der Waals surface area (Å²) in [5, 5.41) is 1.88. The van der Waals surface area contributed by atoms with Gasteiger partial charge in [0.1, 0.15) is 0 Å². The first-order valence-electron chi connectivity index (χ1n) is 4.95. The van der Waals surface area contributed by atoms with Crippen LogP contribution in [0.15, 0.2) is 48.5 Å². The molecule has 3 heteroatoms. The Morgan fingerprint density at radius 1 is 1.00 bits per heavy atom. The number of hydrogen-bond donors (Lipinski definition) is 0. The highest BCUT2D eigenvalue weighted by Gasteiger charge is 2.07. The molecule has 0 N–H and O–H groups in total. The zero-order valence-corrected chi connectivity index (χ0v) is 9.92. The third-order valence-electron chi connectivity index (χ3n) is 2.48. The van der Waals surface area contributed by atoms with Crippen molar-refractivity contribution >= 4 is 33.2 Å². The molecule has 0 spiro atoms. The lowest BCUT2D eigenvalue weighted by Crippen LogP contribution is -1.76. The van der Waals surface area contributed by atoms with E-state index in [9.17, 15) is 0 Å². The summed E-state index contributed by atoms with van der Waals surface area (Å²) in [6.07, 6.45) is 0. The zero-order valence-electron chi connectivity index (χ0n) is 8.35. The lowest BCUT2D eigenvalue weighted by molar-refractivity contribution is 1.54. The molecule has 0 unspecified atom stereocenters. The van der Waals surface area contributed by atoms with Crippen molar-refractivity contribution < 1.29 is 0 Å². The molecule has 3 aromatic rings. The number of benzene rings is 2. The van der Waals surface area contributed by atoms with Crippen molar-refractivity contribution in [3.63, 3.8) is 0 Å². The second-order valence-corrected chi connectivity index (χ2v) is 4.78. The molecule has 0 radical (unpaired) electrons. The molecule has 1 aromatic heterocycles. The number of rotatable bonds is 1. The van der Waals surface area contributed by atoms with E-state index in [-0.39, 0.29) is 0 Å². The van der Waals surface area contributed by atoms with Gasteiger partial charge in [0.25, 0.3) is 0 Å². The van der Waals surface area contributed by atoms with Gasteiger partial charge < -0.3 is 0 Å². The Morgan fingerprint density at radius 2 is 1.81 bits per heavy atom. The Morgan fingerprint density at radius 3 is 2.62 bits per heavy atom. The second kappa shape index (κ2) is 3.89. The highest BCUT2D eigenvalue weighted by molar-refractivity contribution is 7.13. The largest absolute Gasteiger partial charge is 0.191 e. The van der Waals surface area contributed by atoms with Gasteiger partial charge in [-0.3, -0.25) is 0 Å². The molecule has 1 heterocycles. The Hall–Kier alpha value is -1.38. The van der Waals surface area contributed by atoms with Crippen molar-refractivity contribution in [2.45, 2.75) is 0 Å². The second-order valence-electron chi connectivity index (χ2n) is 3.54. The summed E-state index contributed by atoms with van der Waals surface area (Å²) in [6, 6.07) is 16.1. The summed E-state index contributed by atoms with van der Waals surface area (Å²) in [7, 11) is 0. The SMILES string of the molecule is Clc1ccc2snc(-c3ccccc3)c2c1. The first-order valence-corrected chi connectivity index (χ1v) is 6.10. The normalized spacial score (nSPS) is 10.8. The third-order valence-corrected chi connectivity index (χ3v) is 3.54. The van der Waals surface area contributed by atoms with Gasteiger partial charge in [-0.2, -0.15) is 4.37 Å². The van der Waals surface area contributed by atoms with Gasteiger partial charge in [-0.15, -0.1) is 0 Å². The van der Waals surface area contributed by atoms with Crippen LogP contribution in [-0.4, -0.2) is 4.37 Å². The van der Waals surface area contributed by atoms with Crippen molar-refractivity contribution in [1.29, 1.82) is 0 Å². The van der Waals surface area contributed by atoms with Crippen molar-refractivity contribution in [3.8, 4) is 11.3 Å². The van der Waals surface area contributed by atoms with Gasteiger partial charge in [0.15, 0.2) is 0 Å². The van der Waals surface area contributed by atoms with Crippen LogP contribution in [0, 0.1) is 0 Å². The summed E-state index contributed by atoms with van der Waals surface area (Å²) in [4.78, 5) is 0. The Labute approximate surface area is 102 Å². The minimum absolute atomic E-state index is 0.755. The lowest BCUT2D eigenvalue weighted by atomic mass is 10.1. The number of aromatic nitrogens is 1. The molecule has 0 aliphatic heterocycles. The molecule has 78 valence electrons. The first kappa shape index (κ1) is 9.82. The van der Waals surface area contributed by atoms with E-state index in [1.54, 1.807) is 0 Å². The molecule has 0 fully saturated rings. The van der Waals surface area contributed by atoms with Crippen LogP contribution in [0.2, 0.25) is 5.02 Å². The standard InChI is InChI=1S/C13H8ClNS/c14-10-6-7-12-11(8-10)13(15-16-12)9-4-2-1-3-5-9/h1-8H. The highest BCUT2D eigenvalue weighted by atomic mass is 35.5. The van der Waals surface area contributed by atoms with Crippen LogP contribution < -0.4 is 0 Å². The van der Waals surface area contributed by atoms with Gasteiger partial charge in [-0.25, -0.2) is 0 Å². The fraction of sp³-hybridized carbons (Fsp3) is 0. The predicted octanol–water partition coefficient (Wildman–Crippen LogP) is 4.62. The molecule has 3 rings (SSSR count). The summed E-state index contributed by atoms with van der Waals surface area (Å²) in [5.74, 6) is 0. The van der Waals surface area contributed by atoms with Crippen LogP contribution in [0.5, 0.6) is 0 Å². The number of hydrogen-bond acceptors (Lipinski definition) is 2. The summed E-state index contributed by atoms with van der Waals surface area (Å²) in [5.41, 5.74) is 2.15. The third kappa shape index (κ3) is 1.60. The highest BCUT2D eigenvalue weighted by Crippen LogP contribution is 2.32. The van der Waals surface area contributed by atoms with E-state index in [1.165, 1.54) is 16.2 Å². The monoisotopic (exact) mass is 245 g/mol. The molecule has 0 aliphatic carbocycles. The van der Waals surface area contributed by atoms with Crippen LogP contribution in [0.25, 0.3) is 21.3 Å². The number of nitrogens with zero attached hydrogens (tertiary/aromatic N) is 1. The summed E-state index contributed by atoms with van der Waals surface area (Å²) in [6.45, 7) is 0. The smallest absolute Gasteiger partial charge is 0.0919 e. The molecule has 0 atom stereocenters. The molecule has 1 nitrogen and oxygen atoms in total. The Bertz CT molecular complexity index is 631. The molecule has 0 saturated heterocycles. The van der Waals surface area contributed by atoms with Gasteiger partial charge in [0.2, 0.25) is 0 Å². The van der Waals surface area contributed by atoms with Crippen LogP contribution >= 0.6 is 23.1 Å². The molecule has 16 heavy (non-hydrogen) atoms. The first-order chi connectivity index (χ1) is 7.84. The maximum atomic E-state index is 6.01. The van der Waals surface area contributed by atoms with Gasteiger partial charge in [0.05, 0.1) is 10.4 Å². The van der Waals surface area contributed by atoms with Gasteiger partial charge in [-0.05, 0) is 29.7 Å². The summed E-state index contributed by atoms with van der Waals surface area (Å²) >= 11 is 7.52. The minimum Gasteiger partial charge on any atom is -0.191 e. The van der Waals surface area contributed by atoms with E-state index < -0.39 is 0 Å². The Balaban J connectivity index is 2.29. The molecular weight excluding hydrogens is 238 g/mol. The van der Waals surface area contributed by atoms with Crippen molar-refractivity contribution in [3.05, 3.63) is 53.6 Å². The maximum absolute atomic E-state index is 6.01. The van der Waals surface area contributed by atoms with Crippen LogP contribution in [0.1, 0.15) is 0 Å². The zero-order chi connectivity index (χ0) is 11.0. The van der Waals surface area contributed by atoms with E-state index in [1.807, 2.05) is 36.4 Å². The van der Waals surface area contributed by atoms with E-state index in [4.69, 9.17) is 11.6 Å². The molecule has 2 aromatic carbocycles. The fourth-order valence-electron chi connectivity index (χ4n) is 1.72. The fourth-order valence-corrected chi connectivity index (χ4v) is 2.66. The van der Waals surface area contributed by atoms with E-state index in [0.29, 0.717) is 0 Å². The van der Waals surface area contributed by atoms with E-state index >= 15 is 0 Å². The van der Waals surface area contributed by atoms with E-state index in [2.05, 4.69) is 16.5 Å². The summed E-state index contributed by atoms with van der Waals surface area (Å²) < 4.78 is 5.66. The van der Waals surface area contributed by atoms with Gasteiger partial charge in [-0.1, -0.05) is 41.9 Å². The molecule has 0 amide bonds. The van der Waals surface area contributed by atoms with E-state index in [0.717, 1.165) is 21.7 Å². The predicted molar refractivity (Wildman–Crippen MR) is 70.1 cm³/mol. The molecule has 0 saturated carbocycles. The van der Waals surface area contributed by atoms with Crippen molar-refractivity contribution in [2.75, 3.05) is 0 Å². The quantitative estimate of drug-likeness (QED) is 0.610. The van der Waals surface area contributed by atoms with Gasteiger partial charge in [0, 0.05) is 16.0 Å². The van der Waals surface area contributed by atoms with Crippen LogP contribution in [-0.2, 0) is 0 Å². The minimum atomic E-state index is 0.755. The molecule has 0 aliphatic rings. The average Bonchev–Trinajstić information content (AvgIpc) is 2.73. The van der Waals surface area contributed by atoms with Crippen LogP contribution in [0.4, 0.5) is 0 Å². The number of fused-ring (bicyclic) bond motifs is 1. The lowest BCUT2D eigenvalue weighted by Gasteiger charge is -1.97.